The van der Waals surface area contributed by atoms with E-state index in [0.717, 1.165) is 0 Å². The van der Waals surface area contributed by atoms with Crippen LogP contribution >= 0.6 is 0 Å². The van der Waals surface area contributed by atoms with E-state index >= 15 is 0 Å². The highest BCUT2D eigenvalue weighted by molar-refractivity contribution is 7.89. The average molecular weight is 339 g/mol. The van der Waals surface area contributed by atoms with E-state index in [0.29, 0.717) is 31.8 Å². The van der Waals surface area contributed by atoms with E-state index in [9.17, 15) is 13.2 Å². The molecule has 0 aliphatic carbocycles. The predicted molar refractivity (Wildman–Crippen MR) is 84.3 cm³/mol. The first-order valence-electron chi connectivity index (χ1n) is 7.79. The van der Waals surface area contributed by atoms with Crippen LogP contribution in [0.4, 0.5) is 0 Å². The zero-order valence-electron chi connectivity index (χ0n) is 13.0. The summed E-state index contributed by atoms with van der Waals surface area (Å²) < 4.78 is 31.2. The van der Waals surface area contributed by atoms with Gasteiger partial charge in [0.25, 0.3) is 5.91 Å². The monoisotopic (exact) mass is 339 g/mol. The zero-order chi connectivity index (χ0) is 16.4. The Morgan fingerprint density at radius 3 is 2.83 bits per heavy atom. The second-order valence-electron chi connectivity index (χ2n) is 5.96. The summed E-state index contributed by atoms with van der Waals surface area (Å²) in [5.74, 6) is 0.249. The van der Waals surface area contributed by atoms with Crippen LogP contribution < -0.4 is 5.32 Å². The van der Waals surface area contributed by atoms with Gasteiger partial charge in [0.1, 0.15) is 0 Å². The van der Waals surface area contributed by atoms with Gasteiger partial charge in [-0.3, -0.25) is 9.78 Å². The average Bonchev–Trinajstić information content (AvgIpc) is 3.15. The molecule has 1 aromatic heterocycles. The van der Waals surface area contributed by atoms with Crippen molar-refractivity contribution in [3.63, 3.8) is 0 Å². The zero-order valence-corrected chi connectivity index (χ0v) is 13.8. The number of ether oxygens (including phenoxy) is 1. The number of fused-ring (bicyclic) bond motifs is 1. The van der Waals surface area contributed by atoms with Gasteiger partial charge >= 0.3 is 0 Å². The number of amides is 1. The third-order valence-electron chi connectivity index (χ3n) is 4.63. The molecular weight excluding hydrogens is 318 g/mol. The molecule has 1 amide bonds. The topological polar surface area (TPSA) is 88.6 Å². The van der Waals surface area contributed by atoms with Crippen LogP contribution in [0, 0.1) is 11.8 Å². The summed E-state index contributed by atoms with van der Waals surface area (Å²) in [6, 6.07) is 3.32. The molecule has 3 heterocycles. The molecule has 2 fully saturated rings. The van der Waals surface area contributed by atoms with Gasteiger partial charge in [-0.25, -0.2) is 8.42 Å². The molecule has 2 saturated heterocycles. The molecule has 8 heteroatoms. The Bertz CT molecular complexity index is 665. The number of pyridine rings is 1. The van der Waals surface area contributed by atoms with E-state index in [-0.39, 0.29) is 29.6 Å². The third kappa shape index (κ3) is 3.39. The first-order chi connectivity index (χ1) is 11.0. The van der Waals surface area contributed by atoms with Crippen molar-refractivity contribution in [1.82, 2.24) is 14.6 Å². The van der Waals surface area contributed by atoms with Gasteiger partial charge < -0.3 is 10.1 Å². The van der Waals surface area contributed by atoms with Crippen LogP contribution in [-0.4, -0.2) is 61.7 Å². The lowest BCUT2D eigenvalue weighted by molar-refractivity contribution is 0.0932. The van der Waals surface area contributed by atoms with Crippen molar-refractivity contribution < 1.29 is 17.9 Å². The molecule has 3 rings (SSSR count). The minimum Gasteiger partial charge on any atom is -0.376 e. The van der Waals surface area contributed by atoms with Gasteiger partial charge in [0.05, 0.1) is 18.5 Å². The number of rotatable bonds is 5. The van der Waals surface area contributed by atoms with E-state index in [1.165, 1.54) is 4.31 Å². The summed E-state index contributed by atoms with van der Waals surface area (Å²) >= 11 is 0. The smallest absolute Gasteiger partial charge is 0.251 e. The number of carbonyl (C=O) groups is 1. The number of nitrogens with zero attached hydrogens (tertiary/aromatic N) is 2. The van der Waals surface area contributed by atoms with Crippen LogP contribution in [0.3, 0.4) is 0 Å². The number of aromatic nitrogens is 1. The quantitative estimate of drug-likeness (QED) is 0.822. The van der Waals surface area contributed by atoms with E-state index in [1.54, 1.807) is 31.5 Å². The van der Waals surface area contributed by atoms with E-state index < -0.39 is 10.0 Å². The second-order valence-corrected chi connectivity index (χ2v) is 8.22. The molecule has 0 unspecified atom stereocenters. The molecular formula is C15H21N3O4S. The van der Waals surface area contributed by atoms with Gasteiger partial charge in [-0.2, -0.15) is 4.31 Å². The standard InChI is InChI=1S/C15H21N3O4S/c1-2-23(20,21)18-8-13-12(10-22-14(13)9-18)7-17-15(19)11-3-5-16-6-4-11/h3-6,12-14H,2,7-10H2,1H3,(H,17,19)/t12-,13+,14+/m0/s1. The fourth-order valence-corrected chi connectivity index (χ4v) is 4.35. The molecule has 3 atom stereocenters. The van der Waals surface area contributed by atoms with Crippen molar-refractivity contribution in [2.75, 3.05) is 32.0 Å². The summed E-state index contributed by atoms with van der Waals surface area (Å²) in [4.78, 5) is 16.0. The first kappa shape index (κ1) is 16.4. The van der Waals surface area contributed by atoms with Gasteiger partial charge in [-0.05, 0) is 19.1 Å². The molecule has 1 N–H and O–H groups in total. The molecule has 7 nitrogen and oxygen atoms in total. The molecule has 0 saturated carbocycles. The largest absolute Gasteiger partial charge is 0.376 e. The molecule has 126 valence electrons. The lowest BCUT2D eigenvalue weighted by Crippen LogP contribution is -2.35. The number of hydrogen-bond donors (Lipinski definition) is 1. The summed E-state index contributed by atoms with van der Waals surface area (Å²) in [5.41, 5.74) is 0.567. The molecule has 0 aromatic carbocycles. The Morgan fingerprint density at radius 1 is 1.39 bits per heavy atom. The summed E-state index contributed by atoms with van der Waals surface area (Å²) in [6.07, 6.45) is 3.10. The minimum atomic E-state index is -3.18. The van der Waals surface area contributed by atoms with Gasteiger partial charge in [0.15, 0.2) is 0 Å². The lowest BCUT2D eigenvalue weighted by atomic mass is 9.93. The van der Waals surface area contributed by atoms with E-state index in [1.807, 2.05) is 0 Å². The fourth-order valence-electron chi connectivity index (χ4n) is 3.21. The number of hydrogen-bond acceptors (Lipinski definition) is 5. The normalized spacial score (nSPS) is 27.8. The van der Waals surface area contributed by atoms with Crippen molar-refractivity contribution in [3.8, 4) is 0 Å². The third-order valence-corrected chi connectivity index (χ3v) is 6.45. The van der Waals surface area contributed by atoms with Crippen molar-refractivity contribution in [2.45, 2.75) is 13.0 Å². The van der Waals surface area contributed by atoms with Crippen LogP contribution in [0.15, 0.2) is 24.5 Å². The summed E-state index contributed by atoms with van der Waals surface area (Å²) in [6.45, 7) is 3.61. The lowest BCUT2D eigenvalue weighted by Gasteiger charge is -2.19. The Hall–Kier alpha value is -1.51. The maximum atomic E-state index is 12.1. The Balaban J connectivity index is 1.57. The molecule has 23 heavy (non-hydrogen) atoms. The number of nitrogens with one attached hydrogen (secondary N) is 1. The summed E-state index contributed by atoms with van der Waals surface area (Å²) in [5, 5.41) is 2.91. The van der Waals surface area contributed by atoms with Gasteiger partial charge in [-0.1, -0.05) is 0 Å². The Kier molecular flexibility index (Phi) is 4.65. The van der Waals surface area contributed by atoms with Crippen molar-refractivity contribution >= 4 is 15.9 Å². The first-order valence-corrected chi connectivity index (χ1v) is 9.40. The fraction of sp³-hybridized carbons (Fsp3) is 0.600. The Morgan fingerprint density at radius 2 is 2.13 bits per heavy atom. The number of carbonyl (C=O) groups excluding carboxylic acids is 1. The van der Waals surface area contributed by atoms with Gasteiger partial charge in [0, 0.05) is 49.4 Å². The van der Waals surface area contributed by atoms with Gasteiger partial charge in [0.2, 0.25) is 10.0 Å². The van der Waals surface area contributed by atoms with Crippen LogP contribution in [0.25, 0.3) is 0 Å². The van der Waals surface area contributed by atoms with E-state index in [2.05, 4.69) is 10.3 Å². The predicted octanol–water partition coefficient (Wildman–Crippen LogP) is 0.108. The highest BCUT2D eigenvalue weighted by Gasteiger charge is 2.46. The van der Waals surface area contributed by atoms with Crippen molar-refractivity contribution in [2.24, 2.45) is 11.8 Å². The molecule has 2 aliphatic heterocycles. The minimum absolute atomic E-state index is 0.0563. The van der Waals surface area contributed by atoms with Crippen molar-refractivity contribution in [3.05, 3.63) is 30.1 Å². The van der Waals surface area contributed by atoms with Crippen LogP contribution in [0.5, 0.6) is 0 Å². The maximum Gasteiger partial charge on any atom is 0.251 e. The molecule has 1 aromatic rings. The SMILES string of the molecule is CCS(=O)(=O)N1C[C@@H]2[C@@H](CNC(=O)c3ccncc3)CO[C@@H]2C1. The van der Waals surface area contributed by atoms with Gasteiger partial charge in [-0.15, -0.1) is 0 Å². The molecule has 2 aliphatic rings. The molecule has 0 radical (unpaired) electrons. The molecule has 0 spiro atoms. The van der Waals surface area contributed by atoms with Crippen molar-refractivity contribution in [1.29, 1.82) is 0 Å². The van der Waals surface area contributed by atoms with Crippen LogP contribution in [0.1, 0.15) is 17.3 Å². The summed E-state index contributed by atoms with van der Waals surface area (Å²) in [7, 11) is -3.18. The highest BCUT2D eigenvalue weighted by atomic mass is 32.2. The number of sulfonamides is 1. The van der Waals surface area contributed by atoms with Crippen LogP contribution in [-0.2, 0) is 14.8 Å². The highest BCUT2D eigenvalue weighted by Crippen LogP contribution is 2.34. The van der Waals surface area contributed by atoms with Crippen LogP contribution in [0.2, 0.25) is 0 Å². The maximum absolute atomic E-state index is 12.1. The Labute approximate surface area is 136 Å². The second kappa shape index (κ2) is 6.54. The molecule has 0 bridgehead atoms. The van der Waals surface area contributed by atoms with E-state index in [4.69, 9.17) is 4.74 Å².